The molecule has 1 fully saturated rings. The van der Waals surface area contributed by atoms with Gasteiger partial charge in [-0.05, 0) is 24.3 Å². The van der Waals surface area contributed by atoms with Gasteiger partial charge in [0.2, 0.25) is 5.91 Å². The highest BCUT2D eigenvalue weighted by Crippen LogP contribution is 2.31. The summed E-state index contributed by atoms with van der Waals surface area (Å²) in [4.78, 5) is 33.1. The van der Waals surface area contributed by atoms with Crippen molar-refractivity contribution in [3.05, 3.63) is 46.1 Å². The Balaban J connectivity index is 1.46. The Morgan fingerprint density at radius 1 is 1.29 bits per heavy atom. The van der Waals surface area contributed by atoms with E-state index in [0.717, 1.165) is 17.5 Å². The third kappa shape index (κ3) is 4.15. The van der Waals surface area contributed by atoms with Gasteiger partial charge in [-0.2, -0.15) is 0 Å². The van der Waals surface area contributed by atoms with Crippen molar-refractivity contribution in [2.45, 2.75) is 43.8 Å². The first-order valence-corrected chi connectivity index (χ1v) is 11.5. The van der Waals surface area contributed by atoms with Crippen molar-refractivity contribution < 1.29 is 4.79 Å². The zero-order valence-corrected chi connectivity index (χ0v) is 17.4. The Kier molecular flexibility index (Phi) is 5.82. The summed E-state index contributed by atoms with van der Waals surface area (Å²) >= 11 is 2.74. The van der Waals surface area contributed by atoms with Crippen molar-refractivity contribution in [3.63, 3.8) is 0 Å². The number of amides is 1. The number of thiophene rings is 1. The Morgan fingerprint density at radius 2 is 2.07 bits per heavy atom. The standard InChI is InChI=1S/C21H23N3O2S2/c1-13-7-5-6-10-16(13)22-17(25)12-28-21-23-19(26)18-15(11-27-20(18)24-21)14-8-3-2-4-9-14/h2-4,8-9,11,13,16H,5-7,10,12H2,1H3,(H,22,25)(H,23,24,26)/t13-,16-/m1/s1. The molecule has 1 amide bonds. The fourth-order valence-electron chi connectivity index (χ4n) is 3.74. The first-order valence-electron chi connectivity index (χ1n) is 9.61. The maximum absolute atomic E-state index is 12.7. The monoisotopic (exact) mass is 413 g/mol. The molecule has 2 heterocycles. The molecule has 5 nitrogen and oxygen atoms in total. The average molecular weight is 414 g/mol. The molecule has 2 atom stereocenters. The molecular formula is C21H23N3O2S2. The average Bonchev–Trinajstić information content (AvgIpc) is 3.13. The van der Waals surface area contributed by atoms with Crippen LogP contribution < -0.4 is 10.9 Å². The van der Waals surface area contributed by atoms with Crippen LogP contribution in [0, 0.1) is 5.92 Å². The molecule has 146 valence electrons. The molecule has 2 N–H and O–H groups in total. The van der Waals surface area contributed by atoms with Crippen molar-refractivity contribution >= 4 is 39.2 Å². The van der Waals surface area contributed by atoms with E-state index in [4.69, 9.17) is 0 Å². The second-order valence-corrected chi connectivity index (χ2v) is 9.11. The summed E-state index contributed by atoms with van der Waals surface area (Å²) in [5.74, 6) is 0.788. The molecule has 0 radical (unpaired) electrons. The summed E-state index contributed by atoms with van der Waals surface area (Å²) in [6, 6.07) is 10.1. The normalized spacial score (nSPS) is 19.6. The van der Waals surface area contributed by atoms with Crippen LogP contribution in [0.2, 0.25) is 0 Å². The molecule has 28 heavy (non-hydrogen) atoms. The number of benzene rings is 1. The number of aromatic nitrogens is 2. The van der Waals surface area contributed by atoms with Crippen LogP contribution >= 0.6 is 23.1 Å². The SMILES string of the molecule is C[C@@H]1CCCC[C@H]1NC(=O)CSc1nc2scc(-c3ccccc3)c2c(=O)[nH]1. The van der Waals surface area contributed by atoms with Gasteiger partial charge in [-0.1, -0.05) is 61.9 Å². The Hall–Kier alpha value is -2.12. The van der Waals surface area contributed by atoms with E-state index >= 15 is 0 Å². The molecule has 1 aliphatic carbocycles. The highest BCUT2D eigenvalue weighted by Gasteiger charge is 2.23. The Labute approximate surface area is 172 Å². The van der Waals surface area contributed by atoms with Gasteiger partial charge in [0.15, 0.2) is 5.16 Å². The van der Waals surface area contributed by atoms with Gasteiger partial charge < -0.3 is 10.3 Å². The lowest BCUT2D eigenvalue weighted by Crippen LogP contribution is -2.41. The molecule has 0 aliphatic heterocycles. The second-order valence-electron chi connectivity index (χ2n) is 7.29. The van der Waals surface area contributed by atoms with Gasteiger partial charge >= 0.3 is 0 Å². The van der Waals surface area contributed by atoms with E-state index < -0.39 is 0 Å². The van der Waals surface area contributed by atoms with Gasteiger partial charge in [0.05, 0.1) is 11.1 Å². The van der Waals surface area contributed by atoms with Crippen LogP contribution in [0.3, 0.4) is 0 Å². The summed E-state index contributed by atoms with van der Waals surface area (Å²) in [5, 5.41) is 6.21. The van der Waals surface area contributed by atoms with E-state index in [9.17, 15) is 9.59 Å². The van der Waals surface area contributed by atoms with Crippen molar-refractivity contribution in [1.29, 1.82) is 0 Å². The molecule has 1 aromatic carbocycles. The third-order valence-corrected chi connectivity index (χ3v) is 7.05. The van der Waals surface area contributed by atoms with E-state index in [1.165, 1.54) is 42.4 Å². The minimum absolute atomic E-state index is 0.00245. The quantitative estimate of drug-likeness (QED) is 0.479. The molecule has 0 spiro atoms. The molecule has 1 aliphatic rings. The van der Waals surface area contributed by atoms with Gasteiger partial charge in [0.1, 0.15) is 4.83 Å². The van der Waals surface area contributed by atoms with Gasteiger partial charge in [0.25, 0.3) is 5.56 Å². The molecule has 2 aromatic heterocycles. The number of rotatable bonds is 5. The number of nitrogens with one attached hydrogen (secondary N) is 2. The Morgan fingerprint density at radius 3 is 2.86 bits per heavy atom. The first-order chi connectivity index (χ1) is 13.6. The van der Waals surface area contributed by atoms with Gasteiger partial charge in [-0.25, -0.2) is 4.98 Å². The smallest absolute Gasteiger partial charge is 0.260 e. The predicted molar refractivity (Wildman–Crippen MR) is 116 cm³/mol. The highest BCUT2D eigenvalue weighted by molar-refractivity contribution is 7.99. The number of carbonyl (C=O) groups excluding carboxylic acids is 1. The van der Waals surface area contributed by atoms with Crippen molar-refractivity contribution in [3.8, 4) is 11.1 Å². The van der Waals surface area contributed by atoms with Crippen LogP contribution in [0.25, 0.3) is 21.3 Å². The lowest BCUT2D eigenvalue weighted by Gasteiger charge is -2.29. The van der Waals surface area contributed by atoms with E-state index in [1.54, 1.807) is 0 Å². The first kappa shape index (κ1) is 19.2. The zero-order chi connectivity index (χ0) is 19.5. The van der Waals surface area contributed by atoms with Crippen molar-refractivity contribution in [1.82, 2.24) is 15.3 Å². The lowest BCUT2D eigenvalue weighted by atomic mass is 9.86. The number of aromatic amines is 1. The van der Waals surface area contributed by atoms with Gasteiger partial charge in [-0.15, -0.1) is 11.3 Å². The number of hydrogen-bond acceptors (Lipinski definition) is 5. The fourth-order valence-corrected chi connectivity index (χ4v) is 5.42. The van der Waals surface area contributed by atoms with Crippen LogP contribution in [0.5, 0.6) is 0 Å². The number of carbonyl (C=O) groups is 1. The molecule has 3 aromatic rings. The van der Waals surface area contributed by atoms with Crippen LogP contribution in [-0.2, 0) is 4.79 Å². The summed E-state index contributed by atoms with van der Waals surface area (Å²) in [6.07, 6.45) is 4.65. The predicted octanol–water partition coefficient (Wildman–Crippen LogP) is 4.44. The number of H-pyrrole nitrogens is 1. The minimum Gasteiger partial charge on any atom is -0.352 e. The fraction of sp³-hybridized carbons (Fsp3) is 0.381. The third-order valence-electron chi connectivity index (χ3n) is 5.30. The maximum Gasteiger partial charge on any atom is 0.260 e. The van der Waals surface area contributed by atoms with Gasteiger partial charge in [0, 0.05) is 17.0 Å². The molecule has 7 heteroatoms. The molecule has 1 saturated carbocycles. The lowest BCUT2D eigenvalue weighted by molar-refractivity contribution is -0.119. The molecule has 4 rings (SSSR count). The van der Waals surface area contributed by atoms with Crippen molar-refractivity contribution in [2.24, 2.45) is 5.92 Å². The summed E-state index contributed by atoms with van der Waals surface area (Å²) in [6.45, 7) is 2.20. The molecule has 0 bridgehead atoms. The van der Waals surface area contributed by atoms with Gasteiger partial charge in [-0.3, -0.25) is 9.59 Å². The summed E-state index contributed by atoms with van der Waals surface area (Å²) in [5.41, 5.74) is 1.74. The molecule has 0 saturated heterocycles. The van der Waals surface area contributed by atoms with E-state index in [0.29, 0.717) is 21.3 Å². The maximum atomic E-state index is 12.7. The highest BCUT2D eigenvalue weighted by atomic mass is 32.2. The van der Waals surface area contributed by atoms with E-state index in [1.807, 2.05) is 35.7 Å². The van der Waals surface area contributed by atoms with Crippen molar-refractivity contribution in [2.75, 3.05) is 5.75 Å². The minimum atomic E-state index is -0.158. The molecular weight excluding hydrogens is 390 g/mol. The summed E-state index contributed by atoms with van der Waals surface area (Å²) in [7, 11) is 0. The van der Waals surface area contributed by atoms with Crippen LogP contribution in [0.15, 0.2) is 45.7 Å². The number of hydrogen-bond donors (Lipinski definition) is 2. The number of nitrogens with zero attached hydrogens (tertiary/aromatic N) is 1. The Bertz CT molecular complexity index is 1030. The molecule has 0 unspecified atom stereocenters. The topological polar surface area (TPSA) is 74.8 Å². The second kappa shape index (κ2) is 8.49. The van der Waals surface area contributed by atoms with Crippen LogP contribution in [0.1, 0.15) is 32.6 Å². The number of fused-ring (bicyclic) bond motifs is 1. The van der Waals surface area contributed by atoms with Crippen LogP contribution in [0.4, 0.5) is 0 Å². The van der Waals surface area contributed by atoms with E-state index in [-0.39, 0.29) is 23.3 Å². The van der Waals surface area contributed by atoms with E-state index in [2.05, 4.69) is 22.2 Å². The largest absolute Gasteiger partial charge is 0.352 e. The number of thioether (sulfide) groups is 1. The summed E-state index contributed by atoms with van der Waals surface area (Å²) < 4.78 is 0. The van der Waals surface area contributed by atoms with Crippen LogP contribution in [-0.4, -0.2) is 27.7 Å². The zero-order valence-electron chi connectivity index (χ0n) is 15.7.